The number of rotatable bonds is 4. The van der Waals surface area contributed by atoms with E-state index >= 15 is 0 Å². The van der Waals surface area contributed by atoms with Crippen molar-refractivity contribution in [1.29, 1.82) is 0 Å². The van der Waals surface area contributed by atoms with E-state index in [4.69, 9.17) is 4.74 Å². The number of carbonyl (C=O) groups excluding carboxylic acids is 2. The first-order chi connectivity index (χ1) is 9.90. The topological polar surface area (TPSA) is 73.2 Å². The number of hydrogen-bond donors (Lipinski definition) is 1. The fourth-order valence-corrected chi connectivity index (χ4v) is 1.59. The van der Waals surface area contributed by atoms with E-state index in [1.54, 1.807) is 20.8 Å². The van der Waals surface area contributed by atoms with Gasteiger partial charge in [-0.25, -0.2) is 4.79 Å². The molecule has 1 heterocycles. The van der Waals surface area contributed by atoms with Crippen LogP contribution < -0.4 is 5.32 Å². The second kappa shape index (κ2) is 6.37. The van der Waals surface area contributed by atoms with Gasteiger partial charge in [-0.2, -0.15) is 18.3 Å². The summed E-state index contributed by atoms with van der Waals surface area (Å²) in [4.78, 5) is 22.6. The van der Waals surface area contributed by atoms with Crippen LogP contribution in [0.5, 0.6) is 0 Å². The first-order valence-corrected chi connectivity index (χ1v) is 6.52. The summed E-state index contributed by atoms with van der Waals surface area (Å²) in [6.07, 6.45) is -4.37. The minimum absolute atomic E-state index is 0.0183. The third-order valence-corrected chi connectivity index (χ3v) is 2.42. The summed E-state index contributed by atoms with van der Waals surface area (Å²) < 4.78 is 44.2. The van der Waals surface area contributed by atoms with Crippen molar-refractivity contribution in [2.45, 2.75) is 46.0 Å². The Morgan fingerprint density at radius 2 is 1.91 bits per heavy atom. The fourth-order valence-electron chi connectivity index (χ4n) is 1.59. The van der Waals surface area contributed by atoms with Crippen LogP contribution in [0.15, 0.2) is 6.20 Å². The van der Waals surface area contributed by atoms with Gasteiger partial charge in [-0.05, 0) is 27.7 Å². The summed E-state index contributed by atoms with van der Waals surface area (Å²) in [5.74, 6) is -0.723. The van der Waals surface area contributed by atoms with Crippen LogP contribution in [0.3, 0.4) is 0 Å². The number of aromatic nitrogens is 2. The van der Waals surface area contributed by atoms with E-state index in [9.17, 15) is 22.8 Å². The standard InChI is InChI=1S/C13H18F3N3O3/c1-8(20)9-7-19(18-10(9)13(14,15)16)6-5-17-11(21)22-12(2,3)4/h7H,5-6H2,1-4H3,(H,17,21). The number of alkyl carbamates (subject to hydrolysis) is 1. The molecule has 0 atom stereocenters. The van der Waals surface area contributed by atoms with Crippen LogP contribution in [0, 0.1) is 0 Å². The summed E-state index contributed by atoms with van der Waals surface area (Å²) in [6, 6.07) is 0. The predicted molar refractivity (Wildman–Crippen MR) is 71.5 cm³/mol. The van der Waals surface area contributed by atoms with Gasteiger partial charge in [-0.1, -0.05) is 0 Å². The molecule has 0 bridgehead atoms. The maximum Gasteiger partial charge on any atom is 0.435 e. The number of nitrogens with one attached hydrogen (secondary N) is 1. The Bertz CT molecular complexity index is 559. The van der Waals surface area contributed by atoms with Crippen LogP contribution in [-0.2, 0) is 17.5 Å². The van der Waals surface area contributed by atoms with Crippen molar-refractivity contribution in [3.05, 3.63) is 17.5 Å². The number of hydrogen-bond acceptors (Lipinski definition) is 4. The highest BCUT2D eigenvalue weighted by Gasteiger charge is 2.38. The van der Waals surface area contributed by atoms with Crippen LogP contribution in [0.1, 0.15) is 43.7 Å². The number of amides is 1. The lowest BCUT2D eigenvalue weighted by Crippen LogP contribution is -2.34. The SMILES string of the molecule is CC(=O)c1cn(CCNC(=O)OC(C)(C)C)nc1C(F)(F)F. The maximum atomic E-state index is 12.7. The van der Waals surface area contributed by atoms with E-state index in [1.807, 2.05) is 0 Å². The fraction of sp³-hybridized carbons (Fsp3) is 0.615. The number of ketones is 1. The summed E-state index contributed by atoms with van der Waals surface area (Å²) in [6.45, 7) is 6.11. The number of halogens is 3. The van der Waals surface area contributed by atoms with Gasteiger partial charge in [0.15, 0.2) is 11.5 Å². The monoisotopic (exact) mass is 321 g/mol. The van der Waals surface area contributed by atoms with Crippen LogP contribution in [-0.4, -0.2) is 33.8 Å². The molecular formula is C13H18F3N3O3. The minimum atomic E-state index is -4.70. The summed E-state index contributed by atoms with van der Waals surface area (Å²) in [5, 5.41) is 5.75. The quantitative estimate of drug-likeness (QED) is 0.865. The highest BCUT2D eigenvalue weighted by atomic mass is 19.4. The largest absolute Gasteiger partial charge is 0.444 e. The molecule has 1 aromatic rings. The molecule has 9 heteroatoms. The summed E-state index contributed by atoms with van der Waals surface area (Å²) in [5.41, 5.74) is -2.39. The molecule has 0 aromatic carbocycles. The van der Waals surface area contributed by atoms with Gasteiger partial charge in [-0.15, -0.1) is 0 Å². The van der Waals surface area contributed by atoms with Gasteiger partial charge in [0.2, 0.25) is 0 Å². The molecule has 0 fully saturated rings. The van der Waals surface area contributed by atoms with Crippen LogP contribution in [0.4, 0.5) is 18.0 Å². The van der Waals surface area contributed by atoms with E-state index in [1.165, 1.54) is 0 Å². The second-order valence-electron chi connectivity index (χ2n) is 5.64. The molecule has 124 valence electrons. The predicted octanol–water partition coefficient (Wildman–Crippen LogP) is 2.63. The van der Waals surface area contributed by atoms with Gasteiger partial charge in [0.25, 0.3) is 0 Å². The third kappa shape index (κ3) is 5.38. The molecule has 6 nitrogen and oxygen atoms in total. The lowest BCUT2D eigenvalue weighted by atomic mass is 10.2. The Morgan fingerprint density at radius 1 is 1.32 bits per heavy atom. The number of Topliss-reactive ketones (excluding diaryl/α,β-unsaturated/α-hetero) is 1. The number of nitrogens with zero attached hydrogens (tertiary/aromatic N) is 2. The van der Waals surface area contributed by atoms with Gasteiger partial charge in [-0.3, -0.25) is 9.48 Å². The van der Waals surface area contributed by atoms with Crippen LogP contribution >= 0.6 is 0 Å². The van der Waals surface area contributed by atoms with E-state index in [0.717, 1.165) is 17.8 Å². The average molecular weight is 321 g/mol. The van der Waals surface area contributed by atoms with Crippen molar-refractivity contribution in [3.63, 3.8) is 0 Å². The second-order valence-corrected chi connectivity index (χ2v) is 5.64. The molecular weight excluding hydrogens is 303 g/mol. The number of ether oxygens (including phenoxy) is 1. The molecule has 0 unspecified atom stereocenters. The Morgan fingerprint density at radius 3 is 2.32 bits per heavy atom. The smallest absolute Gasteiger partial charge is 0.435 e. The van der Waals surface area contributed by atoms with Crippen molar-refractivity contribution in [3.8, 4) is 0 Å². The molecule has 0 saturated heterocycles. The minimum Gasteiger partial charge on any atom is -0.444 e. The Hall–Kier alpha value is -2.06. The van der Waals surface area contributed by atoms with E-state index in [2.05, 4.69) is 10.4 Å². The highest BCUT2D eigenvalue weighted by Crippen LogP contribution is 2.30. The van der Waals surface area contributed by atoms with Crippen molar-refractivity contribution >= 4 is 11.9 Å². The maximum absolute atomic E-state index is 12.7. The third-order valence-electron chi connectivity index (χ3n) is 2.42. The van der Waals surface area contributed by atoms with Gasteiger partial charge in [0.05, 0.1) is 12.1 Å². The van der Waals surface area contributed by atoms with Gasteiger partial charge in [0.1, 0.15) is 5.60 Å². The van der Waals surface area contributed by atoms with Crippen LogP contribution in [0.2, 0.25) is 0 Å². The normalized spacial score (nSPS) is 12.1. The van der Waals surface area contributed by atoms with Crippen molar-refractivity contribution in [1.82, 2.24) is 15.1 Å². The van der Waals surface area contributed by atoms with Crippen molar-refractivity contribution in [2.24, 2.45) is 0 Å². The number of alkyl halides is 3. The average Bonchev–Trinajstić information content (AvgIpc) is 2.70. The van der Waals surface area contributed by atoms with E-state index in [0.29, 0.717) is 0 Å². The molecule has 0 radical (unpaired) electrons. The zero-order valence-electron chi connectivity index (χ0n) is 12.7. The first-order valence-electron chi connectivity index (χ1n) is 6.52. The summed E-state index contributed by atoms with van der Waals surface area (Å²) >= 11 is 0. The molecule has 0 aliphatic rings. The lowest BCUT2D eigenvalue weighted by Gasteiger charge is -2.19. The van der Waals surface area contributed by atoms with E-state index < -0.39 is 34.9 Å². The molecule has 1 rings (SSSR count). The molecule has 0 aliphatic heterocycles. The van der Waals surface area contributed by atoms with Gasteiger partial charge < -0.3 is 10.1 Å². The molecule has 0 aliphatic carbocycles. The molecule has 1 aromatic heterocycles. The summed E-state index contributed by atoms with van der Waals surface area (Å²) in [7, 11) is 0. The van der Waals surface area contributed by atoms with E-state index in [-0.39, 0.29) is 13.1 Å². The molecule has 0 spiro atoms. The Balaban J connectivity index is 2.68. The zero-order chi connectivity index (χ0) is 17.1. The highest BCUT2D eigenvalue weighted by molar-refractivity contribution is 5.95. The van der Waals surface area contributed by atoms with Crippen molar-refractivity contribution < 1.29 is 27.5 Å². The molecule has 0 saturated carbocycles. The zero-order valence-corrected chi connectivity index (χ0v) is 12.7. The Kier molecular flexibility index (Phi) is 5.21. The number of carbonyl (C=O) groups is 2. The van der Waals surface area contributed by atoms with Crippen LogP contribution in [0.25, 0.3) is 0 Å². The molecule has 1 amide bonds. The Labute approximate surface area is 125 Å². The van der Waals surface area contributed by atoms with Gasteiger partial charge >= 0.3 is 12.3 Å². The molecule has 22 heavy (non-hydrogen) atoms. The van der Waals surface area contributed by atoms with Crippen molar-refractivity contribution in [2.75, 3.05) is 6.54 Å². The first kappa shape index (κ1) is 18.0. The van der Waals surface area contributed by atoms with Gasteiger partial charge in [0, 0.05) is 12.7 Å². The molecule has 1 N–H and O–H groups in total. The lowest BCUT2D eigenvalue weighted by molar-refractivity contribution is -0.141.